The third-order valence-electron chi connectivity index (χ3n) is 5.57. The predicted octanol–water partition coefficient (Wildman–Crippen LogP) is 6.24. The van der Waals surface area contributed by atoms with E-state index in [2.05, 4.69) is 32.6 Å². The Kier molecular flexibility index (Phi) is 9.93. The van der Waals surface area contributed by atoms with E-state index < -0.39 is 6.10 Å². The molecule has 30 heavy (non-hydrogen) atoms. The Morgan fingerprint density at radius 1 is 0.733 bits per heavy atom. The molecular formula is C26H37F2NO. The molecule has 0 aliphatic heterocycles. The molecule has 2 aromatic carbocycles. The number of aliphatic hydroxyl groups excluding tert-OH is 1. The Morgan fingerprint density at radius 3 is 1.50 bits per heavy atom. The highest BCUT2D eigenvalue weighted by Gasteiger charge is 2.21. The maximum atomic E-state index is 13.4. The molecule has 0 fully saturated rings. The van der Waals surface area contributed by atoms with Crippen molar-refractivity contribution in [2.24, 2.45) is 11.8 Å². The smallest absolute Gasteiger partial charge is 0.123 e. The van der Waals surface area contributed by atoms with E-state index in [9.17, 15) is 13.9 Å². The first-order valence-electron chi connectivity index (χ1n) is 11.2. The number of hydrogen-bond donors (Lipinski definition) is 1. The molecule has 0 spiro atoms. The van der Waals surface area contributed by atoms with Crippen molar-refractivity contribution in [1.29, 1.82) is 0 Å². The Morgan fingerprint density at radius 2 is 1.13 bits per heavy atom. The third kappa shape index (κ3) is 8.53. The van der Waals surface area contributed by atoms with Crippen molar-refractivity contribution in [2.75, 3.05) is 19.6 Å². The molecule has 0 radical (unpaired) electrons. The topological polar surface area (TPSA) is 23.5 Å². The second-order valence-corrected chi connectivity index (χ2v) is 9.21. The summed E-state index contributed by atoms with van der Waals surface area (Å²) in [5.41, 5.74) is 1.86. The maximum absolute atomic E-state index is 13.4. The summed E-state index contributed by atoms with van der Waals surface area (Å²) in [6.45, 7) is 11.4. The monoisotopic (exact) mass is 417 g/mol. The largest absolute Gasteiger partial charge is 0.392 e. The molecule has 0 aliphatic carbocycles. The van der Waals surface area contributed by atoms with Gasteiger partial charge in [-0.25, -0.2) is 8.78 Å². The summed E-state index contributed by atoms with van der Waals surface area (Å²) in [5.74, 6) is 0.555. The highest BCUT2D eigenvalue weighted by atomic mass is 19.1. The molecule has 0 bridgehead atoms. The third-order valence-corrected chi connectivity index (χ3v) is 5.57. The van der Waals surface area contributed by atoms with E-state index in [0.29, 0.717) is 24.8 Å². The average molecular weight is 418 g/mol. The van der Waals surface area contributed by atoms with Gasteiger partial charge < -0.3 is 10.0 Å². The zero-order valence-corrected chi connectivity index (χ0v) is 18.8. The standard InChI is InChI=1S/C26H37F2NO/c1-19(2)13-15-29(16-14-20(3)4)18-25(30)17-26(21-5-9-23(27)10-6-21)22-7-11-24(28)12-8-22/h5-12,19-20,25-26,30H,13-18H2,1-4H3. The highest BCUT2D eigenvalue weighted by Crippen LogP contribution is 2.30. The van der Waals surface area contributed by atoms with E-state index in [1.807, 2.05) is 0 Å². The molecule has 0 saturated heterocycles. The molecule has 0 aliphatic rings. The van der Waals surface area contributed by atoms with Crippen LogP contribution in [0.5, 0.6) is 0 Å². The average Bonchev–Trinajstić information content (AvgIpc) is 2.69. The van der Waals surface area contributed by atoms with Gasteiger partial charge in [0, 0.05) is 12.5 Å². The first-order chi connectivity index (χ1) is 14.2. The van der Waals surface area contributed by atoms with E-state index in [1.54, 1.807) is 24.3 Å². The van der Waals surface area contributed by atoms with Gasteiger partial charge in [0.25, 0.3) is 0 Å². The summed E-state index contributed by atoms with van der Waals surface area (Å²) in [5, 5.41) is 11.0. The van der Waals surface area contributed by atoms with E-state index in [-0.39, 0.29) is 17.6 Å². The normalized spacial score (nSPS) is 13.0. The number of rotatable bonds is 12. The summed E-state index contributed by atoms with van der Waals surface area (Å²) < 4.78 is 26.9. The van der Waals surface area contributed by atoms with E-state index in [1.165, 1.54) is 24.3 Å². The van der Waals surface area contributed by atoms with Crippen LogP contribution < -0.4 is 0 Å². The molecule has 4 heteroatoms. The summed E-state index contributed by atoms with van der Waals surface area (Å²) in [7, 11) is 0. The minimum Gasteiger partial charge on any atom is -0.392 e. The second kappa shape index (κ2) is 12.2. The quantitative estimate of drug-likeness (QED) is 0.442. The Hall–Kier alpha value is -1.78. The lowest BCUT2D eigenvalue weighted by Gasteiger charge is -2.29. The molecule has 2 aromatic rings. The van der Waals surface area contributed by atoms with Crippen LogP contribution in [0.25, 0.3) is 0 Å². The first-order valence-corrected chi connectivity index (χ1v) is 11.2. The molecule has 1 N–H and O–H groups in total. The lowest BCUT2D eigenvalue weighted by Crippen LogP contribution is -2.36. The molecule has 0 heterocycles. The minimum absolute atomic E-state index is 0.113. The Bertz CT molecular complexity index is 670. The van der Waals surface area contributed by atoms with Gasteiger partial charge in [-0.3, -0.25) is 0 Å². The molecule has 2 nitrogen and oxygen atoms in total. The molecule has 2 rings (SSSR count). The number of aliphatic hydroxyl groups is 1. The highest BCUT2D eigenvalue weighted by molar-refractivity contribution is 5.33. The predicted molar refractivity (Wildman–Crippen MR) is 121 cm³/mol. The van der Waals surface area contributed by atoms with Gasteiger partial charge in [0.15, 0.2) is 0 Å². The first kappa shape index (κ1) is 24.5. The van der Waals surface area contributed by atoms with Crippen molar-refractivity contribution in [3.05, 3.63) is 71.3 Å². The van der Waals surface area contributed by atoms with Gasteiger partial charge in [0.05, 0.1) is 6.10 Å². The fourth-order valence-corrected chi connectivity index (χ4v) is 3.68. The van der Waals surface area contributed by atoms with Crippen molar-refractivity contribution in [2.45, 2.75) is 59.0 Å². The van der Waals surface area contributed by atoms with Gasteiger partial charge in [-0.2, -0.15) is 0 Å². The fourth-order valence-electron chi connectivity index (χ4n) is 3.68. The number of hydrogen-bond acceptors (Lipinski definition) is 2. The van der Waals surface area contributed by atoms with Crippen LogP contribution in [0.1, 0.15) is 64.0 Å². The van der Waals surface area contributed by atoms with Crippen LogP contribution in [-0.4, -0.2) is 35.7 Å². The van der Waals surface area contributed by atoms with E-state index in [4.69, 9.17) is 0 Å². The molecule has 166 valence electrons. The Balaban J connectivity index is 2.13. The van der Waals surface area contributed by atoms with Crippen LogP contribution in [0.15, 0.2) is 48.5 Å². The molecular weight excluding hydrogens is 380 g/mol. The summed E-state index contributed by atoms with van der Waals surface area (Å²) in [6, 6.07) is 12.8. The van der Waals surface area contributed by atoms with E-state index in [0.717, 1.165) is 37.1 Å². The lowest BCUT2D eigenvalue weighted by molar-refractivity contribution is 0.0964. The minimum atomic E-state index is -0.524. The van der Waals surface area contributed by atoms with Gasteiger partial charge in [-0.15, -0.1) is 0 Å². The summed E-state index contributed by atoms with van der Waals surface area (Å²) >= 11 is 0. The van der Waals surface area contributed by atoms with Crippen molar-refractivity contribution < 1.29 is 13.9 Å². The van der Waals surface area contributed by atoms with Crippen LogP contribution in [0.2, 0.25) is 0 Å². The molecule has 0 amide bonds. The van der Waals surface area contributed by atoms with Gasteiger partial charge in [-0.1, -0.05) is 52.0 Å². The molecule has 1 unspecified atom stereocenters. The number of benzene rings is 2. The number of nitrogens with zero attached hydrogens (tertiary/aromatic N) is 1. The van der Waals surface area contributed by atoms with E-state index >= 15 is 0 Å². The summed E-state index contributed by atoms with van der Waals surface area (Å²) in [6.07, 6.45) is 2.19. The molecule has 0 aromatic heterocycles. The van der Waals surface area contributed by atoms with Gasteiger partial charge >= 0.3 is 0 Å². The van der Waals surface area contributed by atoms with Crippen LogP contribution >= 0.6 is 0 Å². The number of halogens is 2. The van der Waals surface area contributed by atoms with Crippen LogP contribution in [0.3, 0.4) is 0 Å². The second-order valence-electron chi connectivity index (χ2n) is 9.21. The molecule has 0 saturated carbocycles. The van der Waals surface area contributed by atoms with Crippen LogP contribution in [0.4, 0.5) is 8.78 Å². The van der Waals surface area contributed by atoms with Crippen molar-refractivity contribution in [3.63, 3.8) is 0 Å². The zero-order chi connectivity index (χ0) is 22.1. The summed E-state index contributed by atoms with van der Waals surface area (Å²) in [4.78, 5) is 2.36. The van der Waals surface area contributed by atoms with Crippen molar-refractivity contribution in [1.82, 2.24) is 4.90 Å². The van der Waals surface area contributed by atoms with Crippen molar-refractivity contribution >= 4 is 0 Å². The Labute approximate surface area is 180 Å². The van der Waals surface area contributed by atoms with Crippen LogP contribution in [0, 0.1) is 23.5 Å². The zero-order valence-electron chi connectivity index (χ0n) is 18.8. The van der Waals surface area contributed by atoms with Crippen LogP contribution in [-0.2, 0) is 0 Å². The van der Waals surface area contributed by atoms with Gasteiger partial charge in [-0.05, 0) is 79.6 Å². The van der Waals surface area contributed by atoms with Crippen molar-refractivity contribution in [3.8, 4) is 0 Å². The van der Waals surface area contributed by atoms with Gasteiger partial charge in [0.2, 0.25) is 0 Å². The molecule has 1 atom stereocenters. The maximum Gasteiger partial charge on any atom is 0.123 e. The lowest BCUT2D eigenvalue weighted by atomic mass is 9.86. The van der Waals surface area contributed by atoms with Gasteiger partial charge in [0.1, 0.15) is 11.6 Å². The fraction of sp³-hybridized carbons (Fsp3) is 0.538. The SMILES string of the molecule is CC(C)CCN(CCC(C)C)CC(O)CC(c1ccc(F)cc1)c1ccc(F)cc1.